The number of hydrogen-bond donors (Lipinski definition) is 2. The lowest BCUT2D eigenvalue weighted by molar-refractivity contribution is -0.131. The van der Waals surface area contributed by atoms with E-state index in [4.69, 9.17) is 10.00 Å². The van der Waals surface area contributed by atoms with Crippen molar-refractivity contribution in [3.63, 3.8) is 0 Å². The molecule has 5 rings (SSSR count). The SMILES string of the molecule is CC(C)n1c(=O)n(CC2CC2)c(=O)c2cc(NC(=O)N3CCOC(C(=O)Nc4cc(F)c(C#N)c(F)c4)C3)ccc21. The van der Waals surface area contributed by atoms with Gasteiger partial charge in [0.15, 0.2) is 6.10 Å². The van der Waals surface area contributed by atoms with E-state index in [0.29, 0.717) is 29.1 Å². The van der Waals surface area contributed by atoms with Gasteiger partial charge in [-0.3, -0.25) is 18.7 Å². The molecule has 2 heterocycles. The summed E-state index contributed by atoms with van der Waals surface area (Å²) in [6.07, 6.45) is 0.825. The number of hydrogen-bond acceptors (Lipinski definition) is 6. The Labute approximate surface area is 232 Å². The Kier molecular flexibility index (Phi) is 7.59. The number of amides is 3. The largest absolute Gasteiger partial charge is 0.365 e. The third kappa shape index (κ3) is 5.69. The second-order valence-corrected chi connectivity index (χ2v) is 10.5. The van der Waals surface area contributed by atoms with Gasteiger partial charge >= 0.3 is 11.7 Å². The fraction of sp³-hybridized carbons (Fsp3) is 0.393. The van der Waals surface area contributed by atoms with Crippen LogP contribution in [0.4, 0.5) is 25.0 Å². The van der Waals surface area contributed by atoms with Gasteiger partial charge in [-0.15, -0.1) is 0 Å². The quantitative estimate of drug-likeness (QED) is 0.470. The topological polar surface area (TPSA) is 138 Å². The minimum Gasteiger partial charge on any atom is -0.365 e. The van der Waals surface area contributed by atoms with Crippen LogP contribution in [0, 0.1) is 28.9 Å². The Balaban J connectivity index is 1.32. The van der Waals surface area contributed by atoms with Crippen molar-refractivity contribution >= 4 is 34.2 Å². The number of anilines is 2. The summed E-state index contributed by atoms with van der Waals surface area (Å²) in [5.41, 5.74) is -0.921. The van der Waals surface area contributed by atoms with Crippen LogP contribution in [0.5, 0.6) is 0 Å². The average Bonchev–Trinajstić information content (AvgIpc) is 3.75. The second-order valence-electron chi connectivity index (χ2n) is 10.5. The highest BCUT2D eigenvalue weighted by molar-refractivity contribution is 5.96. The van der Waals surface area contributed by atoms with E-state index >= 15 is 0 Å². The summed E-state index contributed by atoms with van der Waals surface area (Å²) in [6.45, 7) is 4.14. The Bertz CT molecular complexity index is 1680. The smallest absolute Gasteiger partial charge is 0.331 e. The van der Waals surface area contributed by atoms with Gasteiger partial charge < -0.3 is 20.3 Å². The first-order valence-electron chi connectivity index (χ1n) is 13.2. The highest BCUT2D eigenvalue weighted by Gasteiger charge is 2.30. The molecule has 1 saturated carbocycles. The highest BCUT2D eigenvalue weighted by Crippen LogP contribution is 2.30. The highest BCUT2D eigenvalue weighted by atomic mass is 19.1. The van der Waals surface area contributed by atoms with Gasteiger partial charge in [-0.25, -0.2) is 18.4 Å². The van der Waals surface area contributed by atoms with Crippen LogP contribution >= 0.6 is 0 Å². The van der Waals surface area contributed by atoms with Crippen molar-refractivity contribution < 1.29 is 23.1 Å². The summed E-state index contributed by atoms with van der Waals surface area (Å²) in [5.74, 6) is -2.65. The van der Waals surface area contributed by atoms with Crippen LogP contribution in [-0.2, 0) is 16.1 Å². The summed E-state index contributed by atoms with van der Waals surface area (Å²) in [6, 6.07) is 7.08. The number of urea groups is 1. The molecule has 13 heteroatoms. The summed E-state index contributed by atoms with van der Waals surface area (Å²) in [7, 11) is 0. The van der Waals surface area contributed by atoms with Crippen molar-refractivity contribution in [3.8, 4) is 6.07 Å². The fourth-order valence-corrected chi connectivity index (χ4v) is 4.85. The Morgan fingerprint density at radius 1 is 1.10 bits per heavy atom. The number of aromatic nitrogens is 2. The molecule has 1 saturated heterocycles. The molecule has 2 aliphatic rings. The molecule has 3 aromatic rings. The van der Waals surface area contributed by atoms with Crippen LogP contribution in [0.2, 0.25) is 0 Å². The number of benzene rings is 2. The first-order chi connectivity index (χ1) is 19.6. The number of rotatable bonds is 6. The number of morpholine rings is 1. The van der Waals surface area contributed by atoms with Gasteiger partial charge in [0.25, 0.3) is 11.5 Å². The maximum atomic E-state index is 13.9. The molecule has 1 aromatic heterocycles. The van der Waals surface area contributed by atoms with Crippen molar-refractivity contribution in [2.24, 2.45) is 5.92 Å². The molecule has 214 valence electrons. The van der Waals surface area contributed by atoms with E-state index in [9.17, 15) is 28.0 Å². The van der Waals surface area contributed by atoms with E-state index in [1.54, 1.807) is 16.7 Å². The van der Waals surface area contributed by atoms with Crippen LogP contribution in [0.15, 0.2) is 39.9 Å². The van der Waals surface area contributed by atoms with Crippen molar-refractivity contribution in [2.45, 2.75) is 45.4 Å². The lowest BCUT2D eigenvalue weighted by atomic mass is 10.2. The molecular formula is C28H28F2N6O5. The number of nitrogens with one attached hydrogen (secondary N) is 2. The Hall–Kier alpha value is -4.57. The first-order valence-corrected chi connectivity index (χ1v) is 13.2. The number of carbonyl (C=O) groups excluding carboxylic acids is 2. The van der Waals surface area contributed by atoms with Crippen LogP contribution in [0.25, 0.3) is 10.9 Å². The second kappa shape index (κ2) is 11.1. The zero-order chi connectivity index (χ0) is 29.4. The number of carbonyl (C=O) groups is 2. The molecule has 1 unspecified atom stereocenters. The molecule has 0 bridgehead atoms. The van der Waals surface area contributed by atoms with Gasteiger partial charge in [-0.2, -0.15) is 5.26 Å². The standard InChI is InChI=1S/C28H28F2N6O5/c1-15(2)36-23-6-5-17(9-19(23)26(38)35(28(36)40)13-16-3-4-16)33-27(39)34-7-8-41-24(14-34)25(37)32-18-10-21(29)20(12-31)22(30)11-18/h5-6,9-11,15-16,24H,3-4,7-8,13-14H2,1-2H3,(H,32,37)(H,33,39). The Morgan fingerprint density at radius 3 is 2.44 bits per heavy atom. The van der Waals surface area contributed by atoms with E-state index in [0.717, 1.165) is 25.0 Å². The summed E-state index contributed by atoms with van der Waals surface area (Å²) in [5, 5.41) is 14.2. The van der Waals surface area contributed by atoms with E-state index in [-0.39, 0.29) is 37.1 Å². The van der Waals surface area contributed by atoms with Gasteiger partial charge in [-0.1, -0.05) is 0 Å². The molecule has 41 heavy (non-hydrogen) atoms. The lowest BCUT2D eigenvalue weighted by Crippen LogP contribution is -2.51. The molecule has 0 spiro atoms. The lowest BCUT2D eigenvalue weighted by Gasteiger charge is -2.32. The normalized spacial score (nSPS) is 17.0. The van der Waals surface area contributed by atoms with Gasteiger partial charge in [0.2, 0.25) is 0 Å². The summed E-state index contributed by atoms with van der Waals surface area (Å²) < 4.78 is 36.1. The number of halogens is 2. The van der Waals surface area contributed by atoms with Crippen molar-refractivity contribution in [3.05, 3.63) is 68.4 Å². The molecule has 11 nitrogen and oxygen atoms in total. The van der Waals surface area contributed by atoms with Crippen LogP contribution in [0.1, 0.15) is 38.3 Å². The Morgan fingerprint density at radius 2 is 1.80 bits per heavy atom. The molecule has 0 radical (unpaired) electrons. The maximum absolute atomic E-state index is 13.9. The molecule has 2 fully saturated rings. The third-order valence-electron chi connectivity index (χ3n) is 7.14. The van der Waals surface area contributed by atoms with Gasteiger partial charge in [-0.05, 0) is 62.9 Å². The monoisotopic (exact) mass is 566 g/mol. The van der Waals surface area contributed by atoms with Crippen LogP contribution in [0.3, 0.4) is 0 Å². The van der Waals surface area contributed by atoms with Crippen molar-refractivity contribution in [1.29, 1.82) is 5.26 Å². The van der Waals surface area contributed by atoms with Gasteiger partial charge in [0.05, 0.1) is 24.1 Å². The van der Waals surface area contributed by atoms with E-state index in [1.807, 2.05) is 13.8 Å². The molecule has 2 aromatic carbocycles. The minimum atomic E-state index is -1.12. The maximum Gasteiger partial charge on any atom is 0.331 e. The van der Waals surface area contributed by atoms with Crippen LogP contribution in [-0.4, -0.2) is 51.8 Å². The zero-order valence-electron chi connectivity index (χ0n) is 22.4. The molecule has 1 atom stereocenters. The van der Waals surface area contributed by atoms with Gasteiger partial charge in [0, 0.05) is 30.5 Å². The first kappa shape index (κ1) is 28.0. The van der Waals surface area contributed by atoms with E-state index in [2.05, 4.69) is 10.6 Å². The van der Waals surface area contributed by atoms with E-state index < -0.39 is 40.8 Å². The summed E-state index contributed by atoms with van der Waals surface area (Å²) in [4.78, 5) is 53.5. The summed E-state index contributed by atoms with van der Waals surface area (Å²) >= 11 is 0. The number of nitrogens with zero attached hydrogens (tertiary/aromatic N) is 4. The molecule has 3 amide bonds. The van der Waals surface area contributed by atoms with Crippen molar-refractivity contribution in [2.75, 3.05) is 30.3 Å². The number of ether oxygens (including phenoxy) is 1. The predicted octanol–water partition coefficient (Wildman–Crippen LogP) is 3.18. The third-order valence-corrected chi connectivity index (χ3v) is 7.14. The number of nitriles is 1. The minimum absolute atomic E-state index is 0.0336. The fourth-order valence-electron chi connectivity index (χ4n) is 4.85. The molecule has 1 aliphatic carbocycles. The van der Waals surface area contributed by atoms with E-state index in [1.165, 1.54) is 21.6 Å². The van der Waals surface area contributed by atoms with Crippen molar-refractivity contribution in [1.82, 2.24) is 14.0 Å². The zero-order valence-corrected chi connectivity index (χ0v) is 22.4. The predicted molar refractivity (Wildman–Crippen MR) is 146 cm³/mol. The number of fused-ring (bicyclic) bond motifs is 1. The molecule has 1 aliphatic heterocycles. The molecular weight excluding hydrogens is 538 g/mol. The average molecular weight is 567 g/mol. The molecule has 2 N–H and O–H groups in total. The van der Waals surface area contributed by atoms with Gasteiger partial charge in [0.1, 0.15) is 23.3 Å². The van der Waals surface area contributed by atoms with Crippen LogP contribution < -0.4 is 21.9 Å².